The molecule has 0 aliphatic rings. The molecule has 0 bridgehead atoms. The van der Waals surface area contributed by atoms with Crippen LogP contribution in [0, 0.1) is 5.82 Å². The van der Waals surface area contributed by atoms with E-state index in [4.69, 9.17) is 18.6 Å². The number of aromatic nitrogens is 2. The Bertz CT molecular complexity index is 993. The molecule has 2 aromatic carbocycles. The highest BCUT2D eigenvalue weighted by atomic mass is 19.1. The molecular weight excluding hydrogens is 405 g/mol. The van der Waals surface area contributed by atoms with Gasteiger partial charge in [0.05, 0.1) is 26.2 Å². The summed E-state index contributed by atoms with van der Waals surface area (Å²) in [6, 6.07) is 9.06. The third-order valence-electron chi connectivity index (χ3n) is 4.13. The van der Waals surface area contributed by atoms with Gasteiger partial charge in [0.2, 0.25) is 11.6 Å². The molecule has 3 aromatic rings. The zero-order valence-corrected chi connectivity index (χ0v) is 17.6. The van der Waals surface area contributed by atoms with Gasteiger partial charge >= 0.3 is 6.01 Å². The van der Waals surface area contributed by atoms with E-state index < -0.39 is 5.91 Å². The number of amides is 1. The van der Waals surface area contributed by atoms with E-state index in [1.165, 1.54) is 12.1 Å². The molecule has 0 spiro atoms. The fourth-order valence-electron chi connectivity index (χ4n) is 2.84. The Kier molecular flexibility index (Phi) is 7.42. The number of nitrogens with one attached hydrogen (secondary N) is 1. The van der Waals surface area contributed by atoms with Gasteiger partial charge in [0, 0.05) is 5.56 Å². The zero-order valence-electron chi connectivity index (χ0n) is 17.6. The van der Waals surface area contributed by atoms with Crippen LogP contribution in [-0.4, -0.2) is 35.9 Å². The van der Waals surface area contributed by atoms with E-state index >= 15 is 0 Å². The molecule has 0 aliphatic carbocycles. The van der Waals surface area contributed by atoms with Gasteiger partial charge in [-0.2, -0.15) is 0 Å². The van der Waals surface area contributed by atoms with E-state index in [-0.39, 0.29) is 17.4 Å². The Morgan fingerprint density at radius 1 is 0.968 bits per heavy atom. The van der Waals surface area contributed by atoms with Crippen molar-refractivity contribution in [1.29, 1.82) is 0 Å². The topological polar surface area (TPSA) is 95.7 Å². The highest BCUT2D eigenvalue weighted by Gasteiger charge is 2.20. The number of carbonyl (C=O) groups is 1. The molecule has 0 unspecified atom stereocenters. The van der Waals surface area contributed by atoms with Crippen molar-refractivity contribution in [1.82, 2.24) is 10.2 Å². The van der Waals surface area contributed by atoms with Crippen LogP contribution in [0.4, 0.5) is 10.4 Å². The van der Waals surface area contributed by atoms with Crippen molar-refractivity contribution in [3.8, 4) is 17.2 Å². The lowest BCUT2D eigenvalue weighted by Gasteiger charge is -2.16. The third kappa shape index (κ3) is 5.71. The number of benzene rings is 2. The van der Waals surface area contributed by atoms with Crippen LogP contribution in [0.2, 0.25) is 0 Å². The Morgan fingerprint density at radius 2 is 1.58 bits per heavy atom. The molecular formula is C22H24FN3O5. The molecule has 0 saturated carbocycles. The van der Waals surface area contributed by atoms with Gasteiger partial charge in [-0.3, -0.25) is 10.1 Å². The van der Waals surface area contributed by atoms with Gasteiger partial charge < -0.3 is 18.6 Å². The molecule has 9 heteroatoms. The van der Waals surface area contributed by atoms with Gasteiger partial charge in [0.25, 0.3) is 5.91 Å². The first-order chi connectivity index (χ1) is 15.0. The van der Waals surface area contributed by atoms with Gasteiger partial charge in [-0.1, -0.05) is 17.2 Å². The third-order valence-corrected chi connectivity index (χ3v) is 4.13. The Balaban J connectivity index is 1.78. The second-order valence-corrected chi connectivity index (χ2v) is 6.36. The van der Waals surface area contributed by atoms with Crippen LogP contribution in [0.1, 0.15) is 42.6 Å². The lowest BCUT2D eigenvalue weighted by atomic mass is 10.1. The van der Waals surface area contributed by atoms with E-state index in [1.54, 1.807) is 24.3 Å². The fourth-order valence-corrected chi connectivity index (χ4v) is 2.84. The molecule has 3 rings (SSSR count). The standard InChI is InChI=1S/C22H24FN3O5/c1-4-28-17-12-15(13-18(29-5-2)20(17)30-6-3)21(27)24-22-26-25-19(31-22)11-14-7-9-16(23)10-8-14/h7-10,12-13H,4-6,11H2,1-3H3,(H,24,26,27). The highest BCUT2D eigenvalue weighted by Crippen LogP contribution is 2.39. The number of ether oxygens (including phenoxy) is 3. The summed E-state index contributed by atoms with van der Waals surface area (Å²) in [5.74, 6) is 0.754. The molecule has 8 nitrogen and oxygen atoms in total. The molecule has 1 heterocycles. The van der Waals surface area contributed by atoms with E-state index in [0.29, 0.717) is 49.4 Å². The lowest BCUT2D eigenvalue weighted by molar-refractivity contribution is 0.102. The number of carbonyl (C=O) groups excluding carboxylic acids is 1. The number of anilines is 1. The summed E-state index contributed by atoms with van der Waals surface area (Å²) >= 11 is 0. The largest absolute Gasteiger partial charge is 0.490 e. The molecule has 1 amide bonds. The van der Waals surface area contributed by atoms with Crippen molar-refractivity contribution in [2.45, 2.75) is 27.2 Å². The smallest absolute Gasteiger partial charge is 0.322 e. The number of nitrogens with zero attached hydrogens (tertiary/aromatic N) is 2. The van der Waals surface area contributed by atoms with E-state index in [0.717, 1.165) is 5.56 Å². The number of hydrogen-bond donors (Lipinski definition) is 1. The van der Waals surface area contributed by atoms with E-state index in [2.05, 4.69) is 15.5 Å². The number of halogens is 1. The molecule has 0 aliphatic heterocycles. The summed E-state index contributed by atoms with van der Waals surface area (Å²) in [7, 11) is 0. The summed E-state index contributed by atoms with van der Waals surface area (Å²) in [4.78, 5) is 12.8. The maximum absolute atomic E-state index is 13.0. The number of rotatable bonds is 10. The normalized spacial score (nSPS) is 10.6. The molecule has 1 aromatic heterocycles. The molecule has 1 N–H and O–H groups in total. The number of hydrogen-bond acceptors (Lipinski definition) is 7. The summed E-state index contributed by atoms with van der Waals surface area (Å²) in [5, 5.41) is 10.3. The van der Waals surface area contributed by atoms with Crippen LogP contribution in [0.5, 0.6) is 17.2 Å². The van der Waals surface area contributed by atoms with Crippen LogP contribution in [-0.2, 0) is 6.42 Å². The van der Waals surface area contributed by atoms with E-state index in [1.807, 2.05) is 20.8 Å². The summed E-state index contributed by atoms with van der Waals surface area (Å²) in [6.45, 7) is 6.74. The van der Waals surface area contributed by atoms with Crippen LogP contribution >= 0.6 is 0 Å². The SMILES string of the molecule is CCOc1cc(C(=O)Nc2nnc(Cc3ccc(F)cc3)o2)cc(OCC)c1OCC. The fraction of sp³-hybridized carbons (Fsp3) is 0.318. The molecule has 31 heavy (non-hydrogen) atoms. The van der Waals surface area contributed by atoms with Crippen molar-refractivity contribution >= 4 is 11.9 Å². The molecule has 0 saturated heterocycles. The van der Waals surface area contributed by atoms with Gasteiger partial charge in [-0.05, 0) is 50.6 Å². The Labute approximate surface area is 179 Å². The summed E-state index contributed by atoms with van der Waals surface area (Å²) in [5.41, 5.74) is 1.09. The lowest BCUT2D eigenvalue weighted by Crippen LogP contribution is -2.13. The zero-order chi connectivity index (χ0) is 22.2. The van der Waals surface area contributed by atoms with Crippen LogP contribution in [0.25, 0.3) is 0 Å². The molecule has 0 radical (unpaired) electrons. The average molecular weight is 429 g/mol. The first-order valence-corrected chi connectivity index (χ1v) is 9.98. The maximum Gasteiger partial charge on any atom is 0.322 e. The highest BCUT2D eigenvalue weighted by molar-refractivity contribution is 6.04. The summed E-state index contributed by atoms with van der Waals surface area (Å²) < 4.78 is 35.4. The van der Waals surface area contributed by atoms with Gasteiger partial charge in [-0.15, -0.1) is 5.10 Å². The summed E-state index contributed by atoms with van der Waals surface area (Å²) in [6.07, 6.45) is 0.315. The van der Waals surface area contributed by atoms with Crippen LogP contribution in [0.3, 0.4) is 0 Å². The van der Waals surface area contributed by atoms with E-state index in [9.17, 15) is 9.18 Å². The van der Waals surface area contributed by atoms with Crippen molar-refractivity contribution in [2.75, 3.05) is 25.1 Å². The molecule has 0 atom stereocenters. The minimum Gasteiger partial charge on any atom is -0.490 e. The Hall–Kier alpha value is -3.62. The second-order valence-electron chi connectivity index (χ2n) is 6.36. The second kappa shape index (κ2) is 10.4. The minimum atomic E-state index is -0.470. The van der Waals surface area contributed by atoms with Gasteiger partial charge in [-0.25, -0.2) is 4.39 Å². The Morgan fingerprint density at radius 3 is 2.16 bits per heavy atom. The average Bonchev–Trinajstić information content (AvgIpc) is 3.19. The van der Waals surface area contributed by atoms with Crippen molar-refractivity contribution in [3.05, 3.63) is 59.2 Å². The first kappa shape index (κ1) is 22.1. The predicted octanol–water partition coefficient (Wildman–Crippen LogP) is 4.25. The van der Waals surface area contributed by atoms with Crippen LogP contribution in [0.15, 0.2) is 40.8 Å². The van der Waals surface area contributed by atoms with Gasteiger partial charge in [0.1, 0.15) is 5.82 Å². The predicted molar refractivity (Wildman–Crippen MR) is 111 cm³/mol. The molecule has 0 fully saturated rings. The molecule has 164 valence electrons. The minimum absolute atomic E-state index is 0.0492. The maximum atomic E-state index is 13.0. The van der Waals surface area contributed by atoms with Crippen molar-refractivity contribution < 1.29 is 27.8 Å². The van der Waals surface area contributed by atoms with Crippen molar-refractivity contribution in [2.24, 2.45) is 0 Å². The van der Waals surface area contributed by atoms with Crippen LogP contribution < -0.4 is 19.5 Å². The quantitative estimate of drug-likeness (QED) is 0.515. The monoisotopic (exact) mass is 429 g/mol. The van der Waals surface area contributed by atoms with Crippen molar-refractivity contribution in [3.63, 3.8) is 0 Å². The van der Waals surface area contributed by atoms with Gasteiger partial charge in [0.15, 0.2) is 11.5 Å². The first-order valence-electron chi connectivity index (χ1n) is 9.98.